The van der Waals surface area contributed by atoms with Crippen LogP contribution in [-0.2, 0) is 0 Å². The molecule has 0 unspecified atom stereocenters. The zero-order chi connectivity index (χ0) is 11.8. The van der Waals surface area contributed by atoms with Gasteiger partial charge in [-0.1, -0.05) is 12.5 Å². The summed E-state index contributed by atoms with van der Waals surface area (Å²) in [5.41, 5.74) is 0. The van der Waals surface area contributed by atoms with E-state index in [1.165, 1.54) is 37.0 Å². The summed E-state index contributed by atoms with van der Waals surface area (Å²) in [7, 11) is 0. The van der Waals surface area contributed by atoms with Crippen molar-refractivity contribution in [3.8, 4) is 0 Å². The predicted molar refractivity (Wildman–Crippen MR) is 70.2 cm³/mol. The van der Waals surface area contributed by atoms with Gasteiger partial charge in [0.1, 0.15) is 0 Å². The second-order valence-electron chi connectivity index (χ2n) is 5.58. The molecule has 0 aromatic carbocycles. The first-order valence-electron chi connectivity index (χ1n) is 6.58. The zero-order valence-corrected chi connectivity index (χ0v) is 11.0. The number of thiophene rings is 1. The maximum atomic E-state index is 12.0. The van der Waals surface area contributed by atoms with Crippen molar-refractivity contribution in [1.82, 2.24) is 5.32 Å². The van der Waals surface area contributed by atoms with Crippen LogP contribution in [0.15, 0.2) is 17.5 Å². The molecule has 1 amide bonds. The van der Waals surface area contributed by atoms with Gasteiger partial charge in [-0.25, -0.2) is 0 Å². The van der Waals surface area contributed by atoms with E-state index in [2.05, 4.69) is 12.2 Å². The molecule has 0 radical (unpaired) electrons. The lowest BCUT2D eigenvalue weighted by atomic mass is 9.84. The first-order chi connectivity index (χ1) is 8.24. The SMILES string of the molecule is C[C@@H](NC(=O)c1cccs1)[C@@H]1C[C@H]2CC[C@H]1C2. The molecule has 2 nitrogen and oxygen atoms in total. The molecule has 2 aliphatic carbocycles. The molecule has 1 heterocycles. The summed E-state index contributed by atoms with van der Waals surface area (Å²) >= 11 is 1.52. The Hall–Kier alpha value is -0.830. The Labute approximate surface area is 106 Å². The lowest BCUT2D eigenvalue weighted by Gasteiger charge is -2.28. The maximum absolute atomic E-state index is 12.0. The summed E-state index contributed by atoms with van der Waals surface area (Å²) in [4.78, 5) is 12.8. The minimum atomic E-state index is 0.107. The van der Waals surface area contributed by atoms with Gasteiger partial charge in [-0.15, -0.1) is 11.3 Å². The largest absolute Gasteiger partial charge is 0.349 e. The number of carbonyl (C=O) groups excluding carboxylic acids is 1. The van der Waals surface area contributed by atoms with E-state index in [1.807, 2.05) is 17.5 Å². The van der Waals surface area contributed by atoms with E-state index in [4.69, 9.17) is 0 Å². The van der Waals surface area contributed by atoms with Crippen LogP contribution in [0.4, 0.5) is 0 Å². The summed E-state index contributed by atoms with van der Waals surface area (Å²) in [6.07, 6.45) is 5.54. The Kier molecular flexibility index (Phi) is 2.95. The molecule has 2 saturated carbocycles. The van der Waals surface area contributed by atoms with E-state index in [9.17, 15) is 4.79 Å². The van der Waals surface area contributed by atoms with Gasteiger partial charge >= 0.3 is 0 Å². The summed E-state index contributed by atoms with van der Waals surface area (Å²) in [6, 6.07) is 4.16. The number of carbonyl (C=O) groups is 1. The number of rotatable bonds is 3. The predicted octanol–water partition coefficient (Wildman–Crippen LogP) is 3.30. The van der Waals surface area contributed by atoms with E-state index in [0.29, 0.717) is 6.04 Å². The van der Waals surface area contributed by atoms with E-state index in [-0.39, 0.29) is 5.91 Å². The summed E-state index contributed by atoms with van der Waals surface area (Å²) in [6.45, 7) is 2.18. The molecule has 1 N–H and O–H groups in total. The number of hydrogen-bond acceptors (Lipinski definition) is 2. The third kappa shape index (κ3) is 2.13. The highest BCUT2D eigenvalue weighted by atomic mass is 32.1. The Morgan fingerprint density at radius 2 is 2.35 bits per heavy atom. The molecule has 4 atom stereocenters. The lowest BCUT2D eigenvalue weighted by molar-refractivity contribution is 0.0919. The molecule has 1 aromatic heterocycles. The highest BCUT2D eigenvalue weighted by Gasteiger charge is 2.42. The van der Waals surface area contributed by atoms with E-state index < -0.39 is 0 Å². The standard InChI is InChI=1S/C14H19NOS/c1-9(12-8-10-4-5-11(12)7-10)15-14(16)13-3-2-6-17-13/h2-3,6,9-12H,4-5,7-8H2,1H3,(H,15,16)/t9-,10+,11+,12+/m1/s1. The van der Waals surface area contributed by atoms with Crippen LogP contribution >= 0.6 is 11.3 Å². The Bertz CT molecular complexity index is 400. The van der Waals surface area contributed by atoms with Crippen LogP contribution in [0.2, 0.25) is 0 Å². The molecular weight excluding hydrogens is 230 g/mol. The minimum Gasteiger partial charge on any atom is -0.349 e. The van der Waals surface area contributed by atoms with Gasteiger partial charge in [0.25, 0.3) is 5.91 Å². The lowest BCUT2D eigenvalue weighted by Crippen LogP contribution is -2.39. The van der Waals surface area contributed by atoms with Crippen LogP contribution in [0.3, 0.4) is 0 Å². The first kappa shape index (κ1) is 11.3. The smallest absolute Gasteiger partial charge is 0.261 e. The minimum absolute atomic E-state index is 0.107. The zero-order valence-electron chi connectivity index (χ0n) is 10.2. The van der Waals surface area contributed by atoms with Crippen molar-refractivity contribution in [3.63, 3.8) is 0 Å². The van der Waals surface area contributed by atoms with Crippen LogP contribution in [0.5, 0.6) is 0 Å². The van der Waals surface area contributed by atoms with Crippen molar-refractivity contribution >= 4 is 17.2 Å². The monoisotopic (exact) mass is 249 g/mol. The van der Waals surface area contributed by atoms with Gasteiger partial charge in [0.05, 0.1) is 4.88 Å². The van der Waals surface area contributed by atoms with Crippen LogP contribution in [0, 0.1) is 17.8 Å². The van der Waals surface area contributed by atoms with Gasteiger partial charge in [0.15, 0.2) is 0 Å². The normalized spacial score (nSPS) is 32.6. The molecule has 0 spiro atoms. The van der Waals surface area contributed by atoms with Crippen molar-refractivity contribution in [2.75, 3.05) is 0 Å². The van der Waals surface area contributed by atoms with Gasteiger partial charge in [-0.05, 0) is 55.4 Å². The topological polar surface area (TPSA) is 29.1 Å². The molecule has 2 bridgehead atoms. The maximum Gasteiger partial charge on any atom is 0.261 e. The fourth-order valence-corrected chi connectivity index (χ4v) is 4.33. The van der Waals surface area contributed by atoms with Crippen LogP contribution in [0.1, 0.15) is 42.3 Å². The van der Waals surface area contributed by atoms with E-state index in [0.717, 1.165) is 22.6 Å². The number of hydrogen-bond donors (Lipinski definition) is 1. The summed E-state index contributed by atoms with van der Waals surface area (Å²) in [5.74, 6) is 2.65. The third-order valence-electron chi connectivity index (χ3n) is 4.54. The average molecular weight is 249 g/mol. The Morgan fingerprint density at radius 1 is 1.47 bits per heavy atom. The second kappa shape index (κ2) is 4.45. The van der Waals surface area contributed by atoms with E-state index >= 15 is 0 Å². The molecule has 3 rings (SSSR count). The quantitative estimate of drug-likeness (QED) is 0.875. The Balaban J connectivity index is 1.60. The molecular formula is C14H19NOS. The highest BCUT2D eigenvalue weighted by Crippen LogP contribution is 2.49. The molecule has 0 aliphatic heterocycles. The fourth-order valence-electron chi connectivity index (χ4n) is 3.70. The average Bonchev–Trinajstić information content (AvgIpc) is 3.05. The molecule has 2 fully saturated rings. The number of fused-ring (bicyclic) bond motifs is 2. The first-order valence-corrected chi connectivity index (χ1v) is 7.46. The molecule has 3 heteroatoms. The van der Waals surface area contributed by atoms with Crippen molar-refractivity contribution in [1.29, 1.82) is 0 Å². The van der Waals surface area contributed by atoms with Gasteiger partial charge in [0.2, 0.25) is 0 Å². The molecule has 17 heavy (non-hydrogen) atoms. The highest BCUT2D eigenvalue weighted by molar-refractivity contribution is 7.12. The van der Waals surface area contributed by atoms with E-state index in [1.54, 1.807) is 0 Å². The fraction of sp³-hybridized carbons (Fsp3) is 0.643. The van der Waals surface area contributed by atoms with Crippen molar-refractivity contribution < 1.29 is 4.79 Å². The second-order valence-corrected chi connectivity index (χ2v) is 6.53. The van der Waals surface area contributed by atoms with Crippen molar-refractivity contribution in [3.05, 3.63) is 22.4 Å². The van der Waals surface area contributed by atoms with Gasteiger partial charge in [0, 0.05) is 6.04 Å². The number of nitrogens with one attached hydrogen (secondary N) is 1. The van der Waals surface area contributed by atoms with Crippen LogP contribution in [-0.4, -0.2) is 11.9 Å². The number of amides is 1. The molecule has 0 saturated heterocycles. The van der Waals surface area contributed by atoms with Gasteiger partial charge < -0.3 is 5.32 Å². The van der Waals surface area contributed by atoms with Gasteiger partial charge in [-0.2, -0.15) is 0 Å². The molecule has 92 valence electrons. The summed E-state index contributed by atoms with van der Waals surface area (Å²) in [5, 5.41) is 5.14. The molecule has 2 aliphatic rings. The van der Waals surface area contributed by atoms with Gasteiger partial charge in [-0.3, -0.25) is 4.79 Å². The Morgan fingerprint density at radius 3 is 2.94 bits per heavy atom. The summed E-state index contributed by atoms with van der Waals surface area (Å²) < 4.78 is 0. The third-order valence-corrected chi connectivity index (χ3v) is 5.41. The molecule has 1 aromatic rings. The van der Waals surface area contributed by atoms with Crippen LogP contribution in [0.25, 0.3) is 0 Å². The van der Waals surface area contributed by atoms with Crippen LogP contribution < -0.4 is 5.32 Å². The van der Waals surface area contributed by atoms with Crippen molar-refractivity contribution in [2.24, 2.45) is 17.8 Å². The van der Waals surface area contributed by atoms with Crippen molar-refractivity contribution in [2.45, 2.75) is 38.6 Å².